The summed E-state index contributed by atoms with van der Waals surface area (Å²) in [5.41, 5.74) is 2.57. The number of rotatable bonds is 3. The molecule has 0 aliphatic heterocycles. The van der Waals surface area contributed by atoms with E-state index in [-0.39, 0.29) is 11.6 Å². The summed E-state index contributed by atoms with van der Waals surface area (Å²) in [6.07, 6.45) is 0.683. The Hall–Kier alpha value is -0.970. The van der Waals surface area contributed by atoms with Crippen molar-refractivity contribution in [2.24, 2.45) is 0 Å². The molecule has 100 valence electrons. The maximum atomic E-state index is 14.0. The predicted octanol–water partition coefficient (Wildman–Crippen LogP) is 5.31. The number of benzene rings is 2. The quantitative estimate of drug-likeness (QED) is 0.506. The summed E-state index contributed by atoms with van der Waals surface area (Å²) in [7, 11) is 0. The summed E-state index contributed by atoms with van der Waals surface area (Å²) in [4.78, 5) is 0. The molecule has 2 rings (SSSR count). The van der Waals surface area contributed by atoms with Crippen LogP contribution in [-0.2, 0) is 6.42 Å². The number of hydrogen-bond donors (Lipinski definition) is 0. The fraction of sp³-hybridized carbons (Fsp3) is 0.250. The third-order valence-corrected chi connectivity index (χ3v) is 3.51. The van der Waals surface area contributed by atoms with Gasteiger partial charge >= 0.3 is 0 Å². The molecular formula is C16H15F2I. The van der Waals surface area contributed by atoms with Gasteiger partial charge in [0.1, 0.15) is 11.6 Å². The average molecular weight is 372 g/mol. The first-order valence-electron chi connectivity index (χ1n) is 6.17. The van der Waals surface area contributed by atoms with E-state index in [0.29, 0.717) is 27.0 Å². The molecule has 0 N–H and O–H groups in total. The molecule has 2 aromatic carbocycles. The van der Waals surface area contributed by atoms with Gasteiger partial charge in [-0.1, -0.05) is 53.8 Å². The van der Waals surface area contributed by atoms with Crippen molar-refractivity contribution < 1.29 is 8.78 Å². The zero-order valence-electron chi connectivity index (χ0n) is 10.9. The molecule has 19 heavy (non-hydrogen) atoms. The molecule has 1 atom stereocenters. The van der Waals surface area contributed by atoms with Crippen molar-refractivity contribution in [1.29, 1.82) is 0 Å². The molecule has 0 heterocycles. The lowest BCUT2D eigenvalue weighted by molar-refractivity contribution is 0.608. The first-order valence-corrected chi connectivity index (χ1v) is 7.41. The van der Waals surface area contributed by atoms with Gasteiger partial charge in [0.2, 0.25) is 0 Å². The Morgan fingerprint density at radius 3 is 2.42 bits per heavy atom. The molecule has 1 unspecified atom stereocenters. The number of aryl methyl sites for hydroxylation is 1. The van der Waals surface area contributed by atoms with Crippen molar-refractivity contribution in [3.8, 4) is 11.1 Å². The molecule has 0 amide bonds. The SMILES string of the molecule is Cc1cccc(F)c1-c1ccc(CC(C)I)c(F)c1. The van der Waals surface area contributed by atoms with Gasteiger partial charge in [0.15, 0.2) is 0 Å². The molecule has 0 saturated carbocycles. The van der Waals surface area contributed by atoms with Gasteiger partial charge in [0.05, 0.1) is 0 Å². The van der Waals surface area contributed by atoms with E-state index in [2.05, 4.69) is 22.6 Å². The highest BCUT2D eigenvalue weighted by atomic mass is 127. The summed E-state index contributed by atoms with van der Waals surface area (Å²) >= 11 is 2.27. The van der Waals surface area contributed by atoms with E-state index in [1.54, 1.807) is 18.2 Å². The summed E-state index contributed by atoms with van der Waals surface area (Å²) in [5, 5.41) is 0. The highest BCUT2D eigenvalue weighted by molar-refractivity contribution is 14.1. The van der Waals surface area contributed by atoms with Crippen molar-refractivity contribution in [3.63, 3.8) is 0 Å². The molecular weight excluding hydrogens is 357 g/mol. The van der Waals surface area contributed by atoms with Gasteiger partial charge in [-0.15, -0.1) is 0 Å². The maximum absolute atomic E-state index is 14.0. The van der Waals surface area contributed by atoms with E-state index in [1.165, 1.54) is 12.1 Å². The molecule has 3 heteroatoms. The molecule has 0 fully saturated rings. The van der Waals surface area contributed by atoms with Gasteiger partial charge in [-0.05, 0) is 42.2 Å². The number of hydrogen-bond acceptors (Lipinski definition) is 0. The Morgan fingerprint density at radius 1 is 1.11 bits per heavy atom. The Balaban J connectivity index is 2.45. The molecule has 0 radical (unpaired) electrons. The van der Waals surface area contributed by atoms with E-state index < -0.39 is 0 Å². The fourth-order valence-electron chi connectivity index (χ4n) is 2.17. The smallest absolute Gasteiger partial charge is 0.131 e. The van der Waals surface area contributed by atoms with Gasteiger partial charge in [-0.3, -0.25) is 0 Å². The highest BCUT2D eigenvalue weighted by Crippen LogP contribution is 2.28. The van der Waals surface area contributed by atoms with Crippen molar-refractivity contribution in [1.82, 2.24) is 0 Å². The van der Waals surface area contributed by atoms with E-state index >= 15 is 0 Å². The lowest BCUT2D eigenvalue weighted by Crippen LogP contribution is -2.00. The van der Waals surface area contributed by atoms with E-state index in [0.717, 1.165) is 5.56 Å². The zero-order chi connectivity index (χ0) is 14.0. The van der Waals surface area contributed by atoms with E-state index in [1.807, 2.05) is 19.9 Å². The number of halogens is 3. The van der Waals surface area contributed by atoms with Gasteiger partial charge in [-0.25, -0.2) is 8.78 Å². The van der Waals surface area contributed by atoms with E-state index in [9.17, 15) is 8.78 Å². The fourth-order valence-corrected chi connectivity index (χ4v) is 2.64. The molecule has 0 nitrogen and oxygen atoms in total. The van der Waals surface area contributed by atoms with Crippen molar-refractivity contribution in [2.75, 3.05) is 0 Å². The monoisotopic (exact) mass is 372 g/mol. The molecule has 0 bridgehead atoms. The van der Waals surface area contributed by atoms with Crippen LogP contribution in [0.1, 0.15) is 18.1 Å². The average Bonchev–Trinajstić information content (AvgIpc) is 2.32. The van der Waals surface area contributed by atoms with Crippen LogP contribution >= 0.6 is 22.6 Å². The van der Waals surface area contributed by atoms with Crippen LogP contribution in [0, 0.1) is 18.6 Å². The zero-order valence-corrected chi connectivity index (χ0v) is 13.0. The van der Waals surface area contributed by atoms with Crippen LogP contribution in [0.5, 0.6) is 0 Å². The summed E-state index contributed by atoms with van der Waals surface area (Å²) in [6.45, 7) is 3.87. The van der Waals surface area contributed by atoms with Crippen molar-refractivity contribution in [3.05, 3.63) is 59.2 Å². The third-order valence-electron chi connectivity index (χ3n) is 3.06. The Kier molecular flexibility index (Phi) is 4.55. The molecule has 2 aromatic rings. The van der Waals surface area contributed by atoms with Crippen molar-refractivity contribution in [2.45, 2.75) is 24.2 Å². The maximum Gasteiger partial charge on any atom is 0.131 e. The van der Waals surface area contributed by atoms with Crippen molar-refractivity contribution >= 4 is 22.6 Å². The topological polar surface area (TPSA) is 0 Å². The van der Waals surface area contributed by atoms with Gasteiger partial charge in [0, 0.05) is 9.49 Å². The minimum atomic E-state index is -0.311. The third kappa shape index (κ3) is 3.32. The first kappa shape index (κ1) is 14.4. The lowest BCUT2D eigenvalue weighted by Gasteiger charge is -2.10. The second-order valence-corrected chi connectivity index (χ2v) is 6.85. The Bertz CT molecular complexity index is 571. The van der Waals surface area contributed by atoms with Crippen LogP contribution in [0.3, 0.4) is 0 Å². The normalized spacial score (nSPS) is 12.5. The standard InChI is InChI=1S/C16H15F2I/c1-10-4-3-5-14(17)16(10)13-7-6-12(8-11(2)19)15(18)9-13/h3-7,9,11H,8H2,1-2H3. The Morgan fingerprint density at radius 2 is 1.84 bits per heavy atom. The van der Waals surface area contributed by atoms with Crippen LogP contribution in [0.2, 0.25) is 0 Å². The highest BCUT2D eigenvalue weighted by Gasteiger charge is 2.11. The largest absolute Gasteiger partial charge is 0.207 e. The first-order chi connectivity index (χ1) is 8.99. The van der Waals surface area contributed by atoms with Crippen LogP contribution in [0.15, 0.2) is 36.4 Å². The van der Waals surface area contributed by atoms with Gasteiger partial charge < -0.3 is 0 Å². The minimum Gasteiger partial charge on any atom is -0.207 e. The predicted molar refractivity (Wildman–Crippen MR) is 83.7 cm³/mol. The van der Waals surface area contributed by atoms with Crippen LogP contribution in [0.4, 0.5) is 8.78 Å². The van der Waals surface area contributed by atoms with Gasteiger partial charge in [-0.2, -0.15) is 0 Å². The number of alkyl halides is 1. The molecule has 0 aliphatic rings. The van der Waals surface area contributed by atoms with Crippen LogP contribution < -0.4 is 0 Å². The van der Waals surface area contributed by atoms with Crippen LogP contribution in [0.25, 0.3) is 11.1 Å². The second kappa shape index (κ2) is 5.99. The van der Waals surface area contributed by atoms with Gasteiger partial charge in [0.25, 0.3) is 0 Å². The molecule has 0 spiro atoms. The Labute approximate surface area is 126 Å². The van der Waals surface area contributed by atoms with Crippen LogP contribution in [-0.4, -0.2) is 3.92 Å². The molecule has 0 saturated heterocycles. The summed E-state index contributed by atoms with van der Waals surface area (Å²) < 4.78 is 28.3. The molecule has 0 aliphatic carbocycles. The second-order valence-electron chi connectivity index (χ2n) is 4.72. The molecule has 0 aromatic heterocycles. The van der Waals surface area contributed by atoms with E-state index in [4.69, 9.17) is 0 Å². The summed E-state index contributed by atoms with van der Waals surface area (Å²) in [5.74, 6) is -0.571. The minimum absolute atomic E-state index is 0.260. The summed E-state index contributed by atoms with van der Waals surface area (Å²) in [6, 6.07) is 9.88. The lowest BCUT2D eigenvalue weighted by atomic mass is 9.97.